The van der Waals surface area contributed by atoms with E-state index in [0.29, 0.717) is 12.6 Å². The van der Waals surface area contributed by atoms with Gasteiger partial charge in [-0.05, 0) is 24.3 Å². The molecule has 4 heteroatoms. The molecule has 0 heterocycles. The van der Waals surface area contributed by atoms with E-state index in [-0.39, 0.29) is 0 Å². The third-order valence-corrected chi connectivity index (χ3v) is 3.93. The van der Waals surface area contributed by atoms with Crippen molar-refractivity contribution in [1.29, 1.82) is 0 Å². The molecule has 0 aliphatic rings. The van der Waals surface area contributed by atoms with Gasteiger partial charge in [0.15, 0.2) is 0 Å². The zero-order valence-corrected chi connectivity index (χ0v) is 14.5. The van der Waals surface area contributed by atoms with Crippen molar-refractivity contribution >= 4 is 27.5 Å². The maximum absolute atomic E-state index is 6.16. The minimum Gasteiger partial charge on any atom is -0.489 e. The van der Waals surface area contributed by atoms with Gasteiger partial charge < -0.3 is 10.1 Å². The summed E-state index contributed by atoms with van der Waals surface area (Å²) in [5, 5.41) is 4.14. The molecule has 0 fully saturated rings. The monoisotopic (exact) mass is 367 g/mol. The fourth-order valence-corrected chi connectivity index (χ4v) is 2.51. The Labute approximate surface area is 139 Å². The van der Waals surface area contributed by atoms with E-state index in [2.05, 4.69) is 41.2 Å². The summed E-state index contributed by atoms with van der Waals surface area (Å²) in [4.78, 5) is 0. The highest BCUT2D eigenvalue weighted by Crippen LogP contribution is 2.25. The zero-order valence-electron chi connectivity index (χ0n) is 12.2. The molecule has 0 radical (unpaired) electrons. The van der Waals surface area contributed by atoms with Gasteiger partial charge in [-0.1, -0.05) is 59.6 Å². The first kappa shape index (κ1) is 16.3. The third-order valence-electron chi connectivity index (χ3n) is 3.06. The number of nitrogens with one attached hydrogen (secondary N) is 1. The topological polar surface area (TPSA) is 21.3 Å². The van der Waals surface area contributed by atoms with Crippen LogP contribution in [0.25, 0.3) is 0 Å². The van der Waals surface area contributed by atoms with Crippen molar-refractivity contribution in [1.82, 2.24) is 5.32 Å². The van der Waals surface area contributed by atoms with Crippen molar-refractivity contribution in [2.75, 3.05) is 0 Å². The van der Waals surface area contributed by atoms with Crippen LogP contribution in [0.1, 0.15) is 25.0 Å². The van der Waals surface area contributed by atoms with E-state index < -0.39 is 0 Å². The van der Waals surface area contributed by atoms with Crippen LogP contribution in [-0.2, 0) is 13.2 Å². The Balaban J connectivity index is 2.10. The molecule has 2 aromatic carbocycles. The average molecular weight is 369 g/mol. The van der Waals surface area contributed by atoms with Gasteiger partial charge in [0.25, 0.3) is 0 Å². The lowest BCUT2D eigenvalue weighted by Crippen LogP contribution is -2.22. The maximum Gasteiger partial charge on any atom is 0.124 e. The van der Waals surface area contributed by atoms with Gasteiger partial charge in [0.05, 0.1) is 0 Å². The van der Waals surface area contributed by atoms with Crippen LogP contribution in [0.3, 0.4) is 0 Å². The molecular weight excluding hydrogens is 350 g/mol. The van der Waals surface area contributed by atoms with Crippen molar-refractivity contribution in [2.24, 2.45) is 0 Å². The van der Waals surface area contributed by atoms with E-state index in [0.717, 1.165) is 32.9 Å². The van der Waals surface area contributed by atoms with Crippen molar-refractivity contribution < 1.29 is 4.74 Å². The van der Waals surface area contributed by atoms with Crippen LogP contribution in [0.2, 0.25) is 5.02 Å². The summed E-state index contributed by atoms with van der Waals surface area (Å²) in [5.74, 6) is 0.881. The highest BCUT2D eigenvalue weighted by molar-refractivity contribution is 9.10. The molecule has 0 saturated heterocycles. The molecule has 21 heavy (non-hydrogen) atoms. The van der Waals surface area contributed by atoms with Crippen LogP contribution < -0.4 is 10.1 Å². The van der Waals surface area contributed by atoms with Crippen LogP contribution in [-0.4, -0.2) is 6.04 Å². The Kier molecular flexibility index (Phi) is 6.09. The standard InChI is InChI=1S/C17H19BrClNO/c1-12(2)20-10-14-9-15(18)7-8-17(14)21-11-13-5-3-4-6-16(13)19/h3-9,12,20H,10-11H2,1-2H3. The molecule has 0 unspecified atom stereocenters. The van der Waals surface area contributed by atoms with Crippen LogP contribution in [0, 0.1) is 0 Å². The molecular formula is C17H19BrClNO. The van der Waals surface area contributed by atoms with E-state index >= 15 is 0 Å². The molecule has 0 amide bonds. The van der Waals surface area contributed by atoms with Gasteiger partial charge in [-0.15, -0.1) is 0 Å². The van der Waals surface area contributed by atoms with E-state index in [9.17, 15) is 0 Å². The summed E-state index contributed by atoms with van der Waals surface area (Å²) >= 11 is 9.66. The first-order valence-corrected chi connectivity index (χ1v) is 8.11. The van der Waals surface area contributed by atoms with Gasteiger partial charge in [-0.2, -0.15) is 0 Å². The summed E-state index contributed by atoms with van der Waals surface area (Å²) in [6, 6.07) is 14.2. The van der Waals surface area contributed by atoms with Gasteiger partial charge in [0.2, 0.25) is 0 Å². The predicted molar refractivity (Wildman–Crippen MR) is 91.9 cm³/mol. The van der Waals surface area contributed by atoms with Gasteiger partial charge in [-0.25, -0.2) is 0 Å². The van der Waals surface area contributed by atoms with Gasteiger partial charge in [0.1, 0.15) is 12.4 Å². The summed E-state index contributed by atoms with van der Waals surface area (Å²) in [5.41, 5.74) is 2.12. The molecule has 112 valence electrons. The molecule has 0 atom stereocenters. The second-order valence-corrected chi connectivity index (χ2v) is 6.49. The Morgan fingerprint density at radius 2 is 1.90 bits per heavy atom. The quantitative estimate of drug-likeness (QED) is 0.758. The zero-order chi connectivity index (χ0) is 15.2. The molecule has 2 nitrogen and oxygen atoms in total. The van der Waals surface area contributed by atoms with Gasteiger partial charge in [0, 0.05) is 33.2 Å². The SMILES string of the molecule is CC(C)NCc1cc(Br)ccc1OCc1ccccc1Cl. The van der Waals surface area contributed by atoms with Crippen LogP contribution in [0.15, 0.2) is 46.9 Å². The lowest BCUT2D eigenvalue weighted by atomic mass is 10.2. The van der Waals surface area contributed by atoms with Crippen LogP contribution in [0.5, 0.6) is 5.75 Å². The highest BCUT2D eigenvalue weighted by atomic mass is 79.9. The Hall–Kier alpha value is -1.03. The summed E-state index contributed by atoms with van der Waals surface area (Å²) < 4.78 is 7.00. The largest absolute Gasteiger partial charge is 0.489 e. The Morgan fingerprint density at radius 3 is 2.62 bits per heavy atom. The number of rotatable bonds is 6. The molecule has 0 aliphatic carbocycles. The van der Waals surface area contributed by atoms with E-state index in [1.165, 1.54) is 0 Å². The van der Waals surface area contributed by atoms with Crippen molar-refractivity contribution in [3.8, 4) is 5.75 Å². The van der Waals surface area contributed by atoms with Crippen molar-refractivity contribution in [3.05, 3.63) is 63.1 Å². The molecule has 0 aliphatic heterocycles. The highest BCUT2D eigenvalue weighted by Gasteiger charge is 2.07. The van der Waals surface area contributed by atoms with Gasteiger partial charge >= 0.3 is 0 Å². The number of halogens is 2. The molecule has 0 saturated carbocycles. The molecule has 0 bridgehead atoms. The first-order valence-electron chi connectivity index (χ1n) is 6.94. The Morgan fingerprint density at radius 1 is 1.14 bits per heavy atom. The molecule has 2 aromatic rings. The number of ether oxygens (including phenoxy) is 1. The van der Waals surface area contributed by atoms with Crippen LogP contribution >= 0.6 is 27.5 Å². The van der Waals surface area contributed by atoms with Crippen molar-refractivity contribution in [2.45, 2.75) is 33.0 Å². The van der Waals surface area contributed by atoms with Crippen LogP contribution in [0.4, 0.5) is 0 Å². The second-order valence-electron chi connectivity index (χ2n) is 5.17. The lowest BCUT2D eigenvalue weighted by molar-refractivity contribution is 0.302. The molecule has 1 N–H and O–H groups in total. The summed E-state index contributed by atoms with van der Waals surface area (Å²) in [6.45, 7) is 5.50. The van der Waals surface area contributed by atoms with E-state index in [1.54, 1.807) is 0 Å². The number of hydrogen-bond donors (Lipinski definition) is 1. The minimum atomic E-state index is 0.431. The fraction of sp³-hybridized carbons (Fsp3) is 0.294. The minimum absolute atomic E-state index is 0.431. The second kappa shape index (κ2) is 7.83. The fourth-order valence-electron chi connectivity index (χ4n) is 1.91. The maximum atomic E-state index is 6.16. The van der Waals surface area contributed by atoms with Crippen molar-refractivity contribution in [3.63, 3.8) is 0 Å². The summed E-state index contributed by atoms with van der Waals surface area (Å²) in [7, 11) is 0. The normalized spacial score (nSPS) is 10.9. The van der Waals surface area contributed by atoms with E-state index in [4.69, 9.17) is 16.3 Å². The molecule has 0 spiro atoms. The number of benzene rings is 2. The third kappa shape index (κ3) is 5.03. The number of hydrogen-bond acceptors (Lipinski definition) is 2. The Bertz CT molecular complexity index is 601. The smallest absolute Gasteiger partial charge is 0.124 e. The van der Waals surface area contributed by atoms with Gasteiger partial charge in [-0.3, -0.25) is 0 Å². The lowest BCUT2D eigenvalue weighted by Gasteiger charge is -2.14. The van der Waals surface area contributed by atoms with E-state index in [1.807, 2.05) is 36.4 Å². The average Bonchev–Trinajstić information content (AvgIpc) is 2.45. The molecule has 0 aromatic heterocycles. The predicted octanol–water partition coefficient (Wildman–Crippen LogP) is 5.18. The summed E-state index contributed by atoms with van der Waals surface area (Å²) in [6.07, 6.45) is 0. The first-order chi connectivity index (χ1) is 10.1. The molecule has 2 rings (SSSR count).